The molecular formula is C27H26FN3O4. The summed E-state index contributed by atoms with van der Waals surface area (Å²) >= 11 is 0. The van der Waals surface area contributed by atoms with Crippen LogP contribution in [0.2, 0.25) is 0 Å². The minimum atomic E-state index is -0.409. The van der Waals surface area contributed by atoms with Crippen LogP contribution >= 0.6 is 0 Å². The summed E-state index contributed by atoms with van der Waals surface area (Å²) in [5.74, 6) is 0.996. The third-order valence-electron chi connectivity index (χ3n) is 6.40. The number of carbonyl (C=O) groups excluding carboxylic acids is 1. The molecule has 3 aromatic carbocycles. The highest BCUT2D eigenvalue weighted by Gasteiger charge is 2.34. The first-order chi connectivity index (χ1) is 17.0. The summed E-state index contributed by atoms with van der Waals surface area (Å²) in [6.07, 6.45) is 0.694. The van der Waals surface area contributed by atoms with E-state index in [9.17, 15) is 9.18 Å². The van der Waals surface area contributed by atoms with Gasteiger partial charge in [-0.05, 0) is 35.7 Å². The van der Waals surface area contributed by atoms with Gasteiger partial charge in [-0.2, -0.15) is 0 Å². The molecule has 7 nitrogen and oxygen atoms in total. The van der Waals surface area contributed by atoms with Crippen LogP contribution in [0.5, 0.6) is 17.2 Å². The number of carbonyl (C=O) groups is 1. The standard InChI is InChI=1S/C27H26FN3O4/c1-33-22-14-18(15-23(34-2)26(22)35-3)29-27(32)31-13-12-20-19-6-4-5-7-21(19)30-24(20)25(31)16-8-10-17(28)11-9-16/h4-11,14-15,25,30H,12-13H2,1-3H3,(H,29,32)/t25-/m1/s1. The van der Waals surface area contributed by atoms with Gasteiger partial charge in [0.2, 0.25) is 5.75 Å². The van der Waals surface area contributed by atoms with Crippen LogP contribution in [0.1, 0.15) is 22.9 Å². The molecule has 0 saturated heterocycles. The number of halogens is 1. The van der Waals surface area contributed by atoms with Gasteiger partial charge in [0.25, 0.3) is 0 Å². The number of rotatable bonds is 5. The zero-order valence-corrected chi connectivity index (χ0v) is 19.7. The summed E-state index contributed by atoms with van der Waals surface area (Å²) in [6.45, 7) is 0.493. The van der Waals surface area contributed by atoms with Crippen LogP contribution in [0.25, 0.3) is 10.9 Å². The van der Waals surface area contributed by atoms with Crippen LogP contribution in [-0.4, -0.2) is 43.8 Å². The van der Waals surface area contributed by atoms with Gasteiger partial charge in [-0.25, -0.2) is 9.18 Å². The molecule has 4 aromatic rings. The molecule has 1 aromatic heterocycles. The van der Waals surface area contributed by atoms with Crippen molar-refractivity contribution in [2.24, 2.45) is 0 Å². The second-order valence-electron chi connectivity index (χ2n) is 8.30. The minimum Gasteiger partial charge on any atom is -0.493 e. The van der Waals surface area contributed by atoms with E-state index >= 15 is 0 Å². The highest BCUT2D eigenvalue weighted by atomic mass is 19.1. The van der Waals surface area contributed by atoms with Crippen LogP contribution in [0, 0.1) is 5.82 Å². The first-order valence-corrected chi connectivity index (χ1v) is 11.3. The maximum atomic E-state index is 13.7. The number of para-hydroxylation sites is 1. The summed E-state index contributed by atoms with van der Waals surface area (Å²) in [6, 6.07) is 17.0. The van der Waals surface area contributed by atoms with E-state index in [-0.39, 0.29) is 11.8 Å². The molecule has 1 atom stereocenters. The van der Waals surface area contributed by atoms with Crippen molar-refractivity contribution in [2.75, 3.05) is 33.2 Å². The fraction of sp³-hybridized carbons (Fsp3) is 0.222. The normalized spacial score (nSPS) is 15.0. The van der Waals surface area contributed by atoms with E-state index in [2.05, 4.69) is 16.4 Å². The quantitative estimate of drug-likeness (QED) is 0.399. The number of methoxy groups -OCH3 is 3. The second kappa shape index (κ2) is 9.21. The first-order valence-electron chi connectivity index (χ1n) is 11.3. The summed E-state index contributed by atoms with van der Waals surface area (Å²) in [7, 11) is 4.57. The van der Waals surface area contributed by atoms with Gasteiger partial charge in [-0.3, -0.25) is 0 Å². The zero-order chi connectivity index (χ0) is 24.5. The van der Waals surface area contributed by atoms with Gasteiger partial charge in [0, 0.05) is 35.3 Å². The molecule has 180 valence electrons. The molecule has 0 aliphatic carbocycles. The molecule has 5 rings (SSSR count). The number of hydrogen-bond acceptors (Lipinski definition) is 4. The zero-order valence-electron chi connectivity index (χ0n) is 19.7. The van der Waals surface area contributed by atoms with Crippen LogP contribution < -0.4 is 19.5 Å². The Morgan fingerprint density at radius 2 is 1.69 bits per heavy atom. The van der Waals surface area contributed by atoms with Crippen LogP contribution in [0.4, 0.5) is 14.9 Å². The van der Waals surface area contributed by atoms with E-state index in [1.54, 1.807) is 29.2 Å². The van der Waals surface area contributed by atoms with E-state index in [1.165, 1.54) is 39.0 Å². The number of benzene rings is 3. The number of nitrogens with one attached hydrogen (secondary N) is 2. The molecule has 2 amide bonds. The molecule has 2 N–H and O–H groups in total. The highest BCUT2D eigenvalue weighted by Crippen LogP contribution is 2.41. The summed E-state index contributed by atoms with van der Waals surface area (Å²) < 4.78 is 29.9. The molecule has 1 aliphatic rings. The van der Waals surface area contributed by atoms with E-state index < -0.39 is 6.04 Å². The third kappa shape index (κ3) is 4.01. The van der Waals surface area contributed by atoms with E-state index in [1.807, 2.05) is 18.2 Å². The Balaban J connectivity index is 1.54. The Bertz CT molecular complexity index is 1360. The molecule has 0 unspecified atom stereocenters. The van der Waals surface area contributed by atoms with Gasteiger partial charge < -0.3 is 29.4 Å². The van der Waals surface area contributed by atoms with Crippen molar-refractivity contribution in [2.45, 2.75) is 12.5 Å². The van der Waals surface area contributed by atoms with Crippen LogP contribution in [-0.2, 0) is 6.42 Å². The van der Waals surface area contributed by atoms with Gasteiger partial charge in [0.15, 0.2) is 11.5 Å². The highest BCUT2D eigenvalue weighted by molar-refractivity contribution is 5.92. The Morgan fingerprint density at radius 1 is 1.00 bits per heavy atom. The lowest BCUT2D eigenvalue weighted by Gasteiger charge is -2.36. The van der Waals surface area contributed by atoms with Crippen molar-refractivity contribution < 1.29 is 23.4 Å². The Kier molecular flexibility index (Phi) is 5.94. The number of nitrogens with zero attached hydrogens (tertiary/aromatic N) is 1. The molecule has 0 spiro atoms. The van der Waals surface area contributed by atoms with Crippen LogP contribution in [0.3, 0.4) is 0 Å². The molecule has 0 fully saturated rings. The monoisotopic (exact) mass is 475 g/mol. The largest absolute Gasteiger partial charge is 0.493 e. The van der Waals surface area contributed by atoms with Crippen molar-refractivity contribution in [1.29, 1.82) is 0 Å². The van der Waals surface area contributed by atoms with E-state index in [0.717, 1.165) is 22.2 Å². The number of H-pyrrole nitrogens is 1. The fourth-order valence-corrected chi connectivity index (χ4v) is 4.80. The summed E-state index contributed by atoms with van der Waals surface area (Å²) in [5.41, 5.74) is 4.44. The number of aromatic amines is 1. The van der Waals surface area contributed by atoms with Crippen LogP contribution in [0.15, 0.2) is 60.7 Å². The first kappa shape index (κ1) is 22.6. The Morgan fingerprint density at radius 3 is 2.34 bits per heavy atom. The SMILES string of the molecule is COc1cc(NC(=O)N2CCc3c([nH]c4ccccc34)[C@H]2c2ccc(F)cc2)cc(OC)c1OC. The number of fused-ring (bicyclic) bond motifs is 3. The molecule has 2 heterocycles. The third-order valence-corrected chi connectivity index (χ3v) is 6.40. The predicted molar refractivity (Wildman–Crippen MR) is 132 cm³/mol. The van der Waals surface area contributed by atoms with Crippen molar-refractivity contribution in [1.82, 2.24) is 9.88 Å². The molecule has 0 radical (unpaired) electrons. The predicted octanol–water partition coefficient (Wildman–Crippen LogP) is 5.51. The molecule has 1 aliphatic heterocycles. The Labute approximate surface area is 202 Å². The summed E-state index contributed by atoms with van der Waals surface area (Å²) in [5, 5.41) is 4.11. The lowest BCUT2D eigenvalue weighted by molar-refractivity contribution is 0.193. The average Bonchev–Trinajstić information content (AvgIpc) is 3.26. The number of urea groups is 1. The fourth-order valence-electron chi connectivity index (χ4n) is 4.80. The maximum absolute atomic E-state index is 13.7. The number of hydrogen-bond donors (Lipinski definition) is 2. The van der Waals surface area contributed by atoms with Gasteiger partial charge in [0.05, 0.1) is 33.1 Å². The smallest absolute Gasteiger partial charge is 0.322 e. The van der Waals surface area contributed by atoms with E-state index in [4.69, 9.17) is 14.2 Å². The lowest BCUT2D eigenvalue weighted by atomic mass is 9.92. The van der Waals surface area contributed by atoms with Crippen molar-refractivity contribution >= 4 is 22.6 Å². The number of amides is 2. The molecular weight excluding hydrogens is 449 g/mol. The lowest BCUT2D eigenvalue weighted by Crippen LogP contribution is -2.43. The van der Waals surface area contributed by atoms with Gasteiger partial charge in [-0.15, -0.1) is 0 Å². The van der Waals surface area contributed by atoms with Crippen molar-refractivity contribution in [3.05, 3.63) is 83.3 Å². The van der Waals surface area contributed by atoms with Crippen molar-refractivity contribution in [3.63, 3.8) is 0 Å². The molecule has 0 bridgehead atoms. The number of ether oxygens (including phenoxy) is 3. The topological polar surface area (TPSA) is 75.8 Å². The second-order valence-corrected chi connectivity index (χ2v) is 8.30. The van der Waals surface area contributed by atoms with Gasteiger partial charge in [-0.1, -0.05) is 30.3 Å². The van der Waals surface area contributed by atoms with Gasteiger partial charge in [0.1, 0.15) is 5.82 Å². The minimum absolute atomic E-state index is 0.294. The number of aromatic nitrogens is 1. The molecule has 35 heavy (non-hydrogen) atoms. The number of anilines is 1. The Hall–Kier alpha value is -4.20. The van der Waals surface area contributed by atoms with Gasteiger partial charge >= 0.3 is 6.03 Å². The van der Waals surface area contributed by atoms with E-state index in [0.29, 0.717) is 35.9 Å². The molecule has 0 saturated carbocycles. The maximum Gasteiger partial charge on any atom is 0.322 e. The summed E-state index contributed by atoms with van der Waals surface area (Å²) in [4.78, 5) is 18.9. The average molecular weight is 476 g/mol. The van der Waals surface area contributed by atoms with Crippen molar-refractivity contribution in [3.8, 4) is 17.2 Å². The molecule has 8 heteroatoms.